The minimum absolute atomic E-state index is 0.213. The van der Waals surface area contributed by atoms with Gasteiger partial charge >= 0.3 is 0 Å². The Hall–Kier alpha value is -1.26. The summed E-state index contributed by atoms with van der Waals surface area (Å²) in [7, 11) is 3.20. The summed E-state index contributed by atoms with van der Waals surface area (Å²) in [4.78, 5) is 0. The molecule has 0 amide bonds. The quantitative estimate of drug-likeness (QED) is 0.859. The molecule has 3 N–H and O–H groups in total. The highest BCUT2D eigenvalue weighted by Crippen LogP contribution is 2.39. The minimum atomic E-state index is -0.782. The van der Waals surface area contributed by atoms with E-state index in [-0.39, 0.29) is 6.04 Å². The summed E-state index contributed by atoms with van der Waals surface area (Å²) in [5.41, 5.74) is 5.98. The number of rotatable bonds is 3. The van der Waals surface area contributed by atoms with Crippen molar-refractivity contribution in [3.05, 3.63) is 23.8 Å². The third-order valence-electron chi connectivity index (χ3n) is 3.78. The normalized spacial score (nSPS) is 27.9. The van der Waals surface area contributed by atoms with Gasteiger partial charge in [-0.2, -0.15) is 0 Å². The summed E-state index contributed by atoms with van der Waals surface area (Å²) in [5.74, 6) is 1.33. The summed E-state index contributed by atoms with van der Waals surface area (Å²) in [6.45, 7) is 0. The highest BCUT2D eigenvalue weighted by molar-refractivity contribution is 5.44. The predicted octanol–water partition coefficient (Wildman–Crippen LogP) is 1.79. The van der Waals surface area contributed by atoms with Gasteiger partial charge in [-0.15, -0.1) is 0 Å². The van der Waals surface area contributed by atoms with Crippen LogP contribution in [0.3, 0.4) is 0 Å². The molecule has 0 heterocycles. The van der Waals surface area contributed by atoms with Crippen LogP contribution in [0.25, 0.3) is 0 Å². The molecule has 0 aliphatic heterocycles. The van der Waals surface area contributed by atoms with E-state index >= 15 is 0 Å². The fraction of sp³-hybridized carbons (Fsp3) is 0.571. The van der Waals surface area contributed by atoms with Gasteiger partial charge < -0.3 is 20.3 Å². The fourth-order valence-corrected chi connectivity index (χ4v) is 2.53. The first-order chi connectivity index (χ1) is 8.59. The Bertz CT molecular complexity index is 412. The molecule has 18 heavy (non-hydrogen) atoms. The summed E-state index contributed by atoms with van der Waals surface area (Å²) in [6.07, 6.45) is 3.10. The number of hydrogen-bond donors (Lipinski definition) is 2. The van der Waals surface area contributed by atoms with Crippen LogP contribution in [0.15, 0.2) is 18.2 Å². The van der Waals surface area contributed by atoms with Crippen molar-refractivity contribution < 1.29 is 14.6 Å². The van der Waals surface area contributed by atoms with Crippen LogP contribution in [-0.2, 0) is 5.60 Å². The summed E-state index contributed by atoms with van der Waals surface area (Å²) >= 11 is 0. The van der Waals surface area contributed by atoms with E-state index in [0.717, 1.165) is 18.4 Å². The van der Waals surface area contributed by atoms with Gasteiger partial charge in [0.2, 0.25) is 0 Å². The molecular formula is C14H21NO3. The van der Waals surface area contributed by atoms with Crippen LogP contribution >= 0.6 is 0 Å². The molecule has 1 saturated carbocycles. The third-order valence-corrected chi connectivity index (χ3v) is 3.78. The molecule has 1 aromatic carbocycles. The van der Waals surface area contributed by atoms with Crippen LogP contribution in [0, 0.1) is 0 Å². The molecule has 0 unspecified atom stereocenters. The Labute approximate surface area is 108 Å². The Morgan fingerprint density at radius 1 is 1.17 bits per heavy atom. The van der Waals surface area contributed by atoms with Crippen LogP contribution in [0.2, 0.25) is 0 Å². The number of nitrogens with two attached hydrogens (primary N) is 1. The number of methoxy groups -OCH3 is 2. The van der Waals surface area contributed by atoms with Crippen molar-refractivity contribution in [2.24, 2.45) is 5.73 Å². The standard InChI is InChI=1S/C14H21NO3/c1-17-12-4-3-10(9-13(12)18-2)14(16)7-5-11(15)6-8-14/h3-4,9,11,16H,5-8,15H2,1-2H3. The Morgan fingerprint density at radius 2 is 1.78 bits per heavy atom. The maximum Gasteiger partial charge on any atom is 0.161 e. The van der Waals surface area contributed by atoms with E-state index in [9.17, 15) is 5.11 Å². The number of hydrogen-bond acceptors (Lipinski definition) is 4. The molecule has 0 spiro atoms. The molecule has 0 bridgehead atoms. The summed E-state index contributed by atoms with van der Waals surface area (Å²) < 4.78 is 10.5. The highest BCUT2D eigenvalue weighted by atomic mass is 16.5. The van der Waals surface area contributed by atoms with Crippen molar-refractivity contribution >= 4 is 0 Å². The zero-order valence-corrected chi connectivity index (χ0v) is 11.0. The van der Waals surface area contributed by atoms with Gasteiger partial charge in [0.15, 0.2) is 11.5 Å². The maximum absolute atomic E-state index is 10.7. The van der Waals surface area contributed by atoms with E-state index in [1.165, 1.54) is 0 Å². The summed E-state index contributed by atoms with van der Waals surface area (Å²) in [5, 5.41) is 10.7. The van der Waals surface area contributed by atoms with Crippen LogP contribution in [0.5, 0.6) is 11.5 Å². The SMILES string of the molecule is COc1ccc(C2(O)CCC(N)CC2)cc1OC. The van der Waals surface area contributed by atoms with Crippen molar-refractivity contribution in [1.82, 2.24) is 0 Å². The van der Waals surface area contributed by atoms with Crippen LogP contribution < -0.4 is 15.2 Å². The second kappa shape index (κ2) is 5.16. The van der Waals surface area contributed by atoms with Crippen molar-refractivity contribution in [3.63, 3.8) is 0 Å². The molecule has 1 fully saturated rings. The van der Waals surface area contributed by atoms with Gasteiger partial charge in [0.05, 0.1) is 19.8 Å². The smallest absolute Gasteiger partial charge is 0.161 e. The highest BCUT2D eigenvalue weighted by Gasteiger charge is 2.34. The third kappa shape index (κ3) is 2.44. The van der Waals surface area contributed by atoms with Crippen molar-refractivity contribution in [3.8, 4) is 11.5 Å². The first-order valence-corrected chi connectivity index (χ1v) is 6.29. The van der Waals surface area contributed by atoms with Gasteiger partial charge in [-0.05, 0) is 43.4 Å². The lowest BCUT2D eigenvalue weighted by atomic mass is 9.78. The van der Waals surface area contributed by atoms with E-state index in [1.54, 1.807) is 14.2 Å². The predicted molar refractivity (Wildman–Crippen MR) is 69.9 cm³/mol. The zero-order valence-electron chi connectivity index (χ0n) is 11.0. The Kier molecular flexibility index (Phi) is 3.78. The molecule has 1 aliphatic rings. The van der Waals surface area contributed by atoms with E-state index in [0.29, 0.717) is 24.3 Å². The molecule has 0 radical (unpaired) electrons. The molecule has 1 aromatic rings. The summed E-state index contributed by atoms with van der Waals surface area (Å²) in [6, 6.07) is 5.81. The lowest BCUT2D eigenvalue weighted by Crippen LogP contribution is -2.36. The van der Waals surface area contributed by atoms with Crippen LogP contribution in [0.4, 0.5) is 0 Å². The Morgan fingerprint density at radius 3 is 2.33 bits per heavy atom. The molecule has 0 atom stereocenters. The van der Waals surface area contributed by atoms with Crippen LogP contribution in [-0.4, -0.2) is 25.4 Å². The first-order valence-electron chi connectivity index (χ1n) is 6.29. The van der Waals surface area contributed by atoms with Gasteiger partial charge in [-0.25, -0.2) is 0 Å². The molecule has 0 saturated heterocycles. The van der Waals surface area contributed by atoms with Crippen molar-refractivity contribution in [2.45, 2.75) is 37.3 Å². The van der Waals surface area contributed by atoms with Gasteiger partial charge in [-0.1, -0.05) is 6.07 Å². The number of aliphatic hydroxyl groups is 1. The second-order valence-electron chi connectivity index (χ2n) is 4.94. The average molecular weight is 251 g/mol. The monoisotopic (exact) mass is 251 g/mol. The van der Waals surface area contributed by atoms with Gasteiger partial charge in [0.25, 0.3) is 0 Å². The molecular weight excluding hydrogens is 230 g/mol. The zero-order chi connectivity index (χ0) is 13.2. The van der Waals surface area contributed by atoms with E-state index < -0.39 is 5.60 Å². The maximum atomic E-state index is 10.7. The topological polar surface area (TPSA) is 64.7 Å². The molecule has 2 rings (SSSR count). The number of benzene rings is 1. The van der Waals surface area contributed by atoms with Crippen LogP contribution in [0.1, 0.15) is 31.2 Å². The van der Waals surface area contributed by atoms with Gasteiger partial charge in [-0.3, -0.25) is 0 Å². The largest absolute Gasteiger partial charge is 0.493 e. The first kappa shape index (κ1) is 13.2. The van der Waals surface area contributed by atoms with E-state index in [4.69, 9.17) is 15.2 Å². The van der Waals surface area contributed by atoms with Crippen molar-refractivity contribution in [1.29, 1.82) is 0 Å². The lowest BCUT2D eigenvalue weighted by Gasteiger charge is -2.35. The molecule has 4 nitrogen and oxygen atoms in total. The fourth-order valence-electron chi connectivity index (χ4n) is 2.53. The van der Waals surface area contributed by atoms with Crippen molar-refractivity contribution in [2.75, 3.05) is 14.2 Å². The molecule has 1 aliphatic carbocycles. The number of ether oxygens (including phenoxy) is 2. The van der Waals surface area contributed by atoms with Gasteiger partial charge in [0.1, 0.15) is 0 Å². The Balaban J connectivity index is 2.27. The lowest BCUT2D eigenvalue weighted by molar-refractivity contribution is -0.00516. The molecule has 100 valence electrons. The van der Waals surface area contributed by atoms with E-state index in [2.05, 4.69) is 0 Å². The van der Waals surface area contributed by atoms with E-state index in [1.807, 2.05) is 18.2 Å². The molecule has 4 heteroatoms. The minimum Gasteiger partial charge on any atom is -0.493 e. The second-order valence-corrected chi connectivity index (χ2v) is 4.94. The average Bonchev–Trinajstić information content (AvgIpc) is 2.41. The molecule has 0 aromatic heterocycles. The van der Waals surface area contributed by atoms with Gasteiger partial charge in [0, 0.05) is 6.04 Å².